The quantitative estimate of drug-likeness (QED) is 0.892. The standard InChI is InChI=1S/C21H24O5/c1-21(2)25-19-18(23-13-14-9-5-3-6-10-14)17(24-20(19)26-21)16(22)15-11-7-4-8-12-15/h3-12,16-20,22H,13H2,1-2H3/t16-,17+,18-,19+,20-/m0/s1. The lowest BCUT2D eigenvalue weighted by atomic mass is 9.99. The molecule has 0 amide bonds. The number of fused-ring (bicyclic) bond motifs is 1. The summed E-state index contributed by atoms with van der Waals surface area (Å²) in [6.45, 7) is 4.12. The van der Waals surface area contributed by atoms with Gasteiger partial charge in [0.1, 0.15) is 24.4 Å². The van der Waals surface area contributed by atoms with Crippen LogP contribution in [0.25, 0.3) is 0 Å². The van der Waals surface area contributed by atoms with E-state index in [1.807, 2.05) is 74.5 Å². The molecule has 138 valence electrons. The van der Waals surface area contributed by atoms with Crippen molar-refractivity contribution in [2.75, 3.05) is 0 Å². The molecule has 0 aliphatic carbocycles. The highest BCUT2D eigenvalue weighted by Gasteiger charge is 2.57. The van der Waals surface area contributed by atoms with Crippen molar-refractivity contribution in [2.45, 2.75) is 56.9 Å². The van der Waals surface area contributed by atoms with Crippen molar-refractivity contribution in [3.8, 4) is 0 Å². The largest absolute Gasteiger partial charge is 0.386 e. The molecule has 0 radical (unpaired) electrons. The third-order valence-corrected chi connectivity index (χ3v) is 4.76. The molecule has 2 fully saturated rings. The van der Waals surface area contributed by atoms with Crippen LogP contribution in [-0.4, -0.2) is 35.5 Å². The molecule has 5 heteroatoms. The van der Waals surface area contributed by atoms with Crippen molar-refractivity contribution in [2.24, 2.45) is 0 Å². The Morgan fingerprint density at radius 1 is 1.00 bits per heavy atom. The van der Waals surface area contributed by atoms with Crippen LogP contribution in [0.2, 0.25) is 0 Å². The third kappa shape index (κ3) is 3.54. The Hall–Kier alpha value is -1.76. The van der Waals surface area contributed by atoms with Gasteiger partial charge in [-0.2, -0.15) is 0 Å². The van der Waals surface area contributed by atoms with Crippen LogP contribution >= 0.6 is 0 Å². The molecule has 2 aliphatic heterocycles. The molecule has 5 atom stereocenters. The van der Waals surface area contributed by atoms with Crippen molar-refractivity contribution in [1.82, 2.24) is 0 Å². The average Bonchev–Trinajstić information content (AvgIpc) is 3.12. The molecule has 0 spiro atoms. The Morgan fingerprint density at radius 2 is 1.65 bits per heavy atom. The number of rotatable bonds is 5. The fraction of sp³-hybridized carbons (Fsp3) is 0.429. The first-order chi connectivity index (χ1) is 12.5. The van der Waals surface area contributed by atoms with Gasteiger partial charge in [-0.3, -0.25) is 0 Å². The van der Waals surface area contributed by atoms with Crippen LogP contribution in [-0.2, 0) is 25.6 Å². The lowest BCUT2D eigenvalue weighted by Crippen LogP contribution is -2.39. The molecular formula is C21H24O5. The van der Waals surface area contributed by atoms with Crippen molar-refractivity contribution in [3.63, 3.8) is 0 Å². The lowest BCUT2D eigenvalue weighted by molar-refractivity contribution is -0.231. The first kappa shape index (κ1) is 17.6. The predicted molar refractivity (Wildman–Crippen MR) is 95.1 cm³/mol. The fourth-order valence-electron chi connectivity index (χ4n) is 3.55. The topological polar surface area (TPSA) is 57.2 Å². The molecule has 2 aromatic carbocycles. The number of aliphatic hydroxyl groups is 1. The summed E-state index contributed by atoms with van der Waals surface area (Å²) in [5.41, 5.74) is 1.84. The fourth-order valence-corrected chi connectivity index (χ4v) is 3.55. The molecule has 2 aromatic rings. The van der Waals surface area contributed by atoms with Gasteiger partial charge in [0, 0.05) is 0 Å². The van der Waals surface area contributed by atoms with Crippen LogP contribution in [0.1, 0.15) is 31.1 Å². The number of aliphatic hydroxyl groups excluding tert-OH is 1. The van der Waals surface area contributed by atoms with Crippen LogP contribution in [0, 0.1) is 0 Å². The van der Waals surface area contributed by atoms with Gasteiger partial charge in [0.15, 0.2) is 12.1 Å². The average molecular weight is 356 g/mol. The van der Waals surface area contributed by atoms with E-state index in [1.54, 1.807) is 0 Å². The van der Waals surface area contributed by atoms with E-state index in [4.69, 9.17) is 18.9 Å². The minimum absolute atomic E-state index is 0.378. The number of hydrogen-bond donors (Lipinski definition) is 1. The predicted octanol–water partition coefficient (Wildman–Crippen LogP) is 3.18. The molecule has 2 saturated heterocycles. The van der Waals surface area contributed by atoms with Gasteiger partial charge in [-0.1, -0.05) is 60.7 Å². The second-order valence-corrected chi connectivity index (χ2v) is 7.19. The highest BCUT2D eigenvalue weighted by Crippen LogP contribution is 2.42. The van der Waals surface area contributed by atoms with E-state index in [1.165, 1.54) is 0 Å². The van der Waals surface area contributed by atoms with Gasteiger partial charge in [-0.05, 0) is 25.0 Å². The Labute approximate surface area is 153 Å². The summed E-state index contributed by atoms with van der Waals surface area (Å²) >= 11 is 0. The summed E-state index contributed by atoms with van der Waals surface area (Å²) in [6, 6.07) is 19.4. The highest BCUT2D eigenvalue weighted by atomic mass is 16.8. The minimum atomic E-state index is -0.821. The maximum atomic E-state index is 10.9. The van der Waals surface area contributed by atoms with Crippen LogP contribution in [0.4, 0.5) is 0 Å². The second kappa shape index (κ2) is 7.10. The second-order valence-electron chi connectivity index (χ2n) is 7.19. The summed E-state index contributed by atoms with van der Waals surface area (Å²) in [6.07, 6.45) is -2.74. The molecule has 0 saturated carbocycles. The molecule has 5 nitrogen and oxygen atoms in total. The zero-order valence-corrected chi connectivity index (χ0v) is 14.9. The smallest absolute Gasteiger partial charge is 0.190 e. The Kier molecular flexibility index (Phi) is 4.82. The molecular weight excluding hydrogens is 332 g/mol. The van der Waals surface area contributed by atoms with Crippen molar-refractivity contribution < 1.29 is 24.1 Å². The maximum absolute atomic E-state index is 10.9. The maximum Gasteiger partial charge on any atom is 0.190 e. The monoisotopic (exact) mass is 356 g/mol. The first-order valence-corrected chi connectivity index (χ1v) is 8.93. The van der Waals surface area contributed by atoms with Gasteiger partial charge < -0.3 is 24.1 Å². The molecule has 26 heavy (non-hydrogen) atoms. The third-order valence-electron chi connectivity index (χ3n) is 4.76. The lowest BCUT2D eigenvalue weighted by Gasteiger charge is -2.28. The molecule has 0 bridgehead atoms. The van der Waals surface area contributed by atoms with Crippen LogP contribution in [0.5, 0.6) is 0 Å². The summed E-state index contributed by atoms with van der Waals surface area (Å²) < 4.78 is 24.0. The molecule has 2 heterocycles. The first-order valence-electron chi connectivity index (χ1n) is 8.93. The van der Waals surface area contributed by atoms with E-state index in [9.17, 15) is 5.11 Å². The number of benzene rings is 2. The van der Waals surface area contributed by atoms with Gasteiger partial charge in [-0.25, -0.2) is 0 Å². The Balaban J connectivity index is 1.54. The summed E-state index contributed by atoms with van der Waals surface area (Å²) in [4.78, 5) is 0. The van der Waals surface area contributed by atoms with E-state index in [0.717, 1.165) is 11.1 Å². The molecule has 4 rings (SSSR count). The zero-order valence-electron chi connectivity index (χ0n) is 14.9. The van der Waals surface area contributed by atoms with Crippen molar-refractivity contribution >= 4 is 0 Å². The van der Waals surface area contributed by atoms with Gasteiger partial charge in [0.05, 0.1) is 6.61 Å². The van der Waals surface area contributed by atoms with Gasteiger partial charge in [0.2, 0.25) is 0 Å². The van der Waals surface area contributed by atoms with Gasteiger partial charge >= 0.3 is 0 Å². The SMILES string of the molecule is CC1(C)O[C@@H]2O[C@H]([C@@H](O)c3ccccc3)[C@H](OCc3ccccc3)[C@H]2O1. The summed E-state index contributed by atoms with van der Waals surface area (Å²) in [7, 11) is 0. The van der Waals surface area contributed by atoms with Crippen LogP contribution in [0.15, 0.2) is 60.7 Å². The Bertz CT molecular complexity index is 718. The molecule has 2 aliphatic rings. The number of hydrogen-bond acceptors (Lipinski definition) is 5. The van der Waals surface area contributed by atoms with Crippen LogP contribution < -0.4 is 0 Å². The van der Waals surface area contributed by atoms with Gasteiger partial charge in [0.25, 0.3) is 0 Å². The summed E-state index contributed by atoms with van der Waals surface area (Å²) in [5.74, 6) is -0.730. The molecule has 1 N–H and O–H groups in total. The Morgan fingerprint density at radius 3 is 2.35 bits per heavy atom. The van der Waals surface area contributed by atoms with E-state index in [0.29, 0.717) is 6.61 Å². The molecule has 0 aromatic heterocycles. The number of ether oxygens (including phenoxy) is 4. The van der Waals surface area contributed by atoms with Crippen molar-refractivity contribution in [1.29, 1.82) is 0 Å². The van der Waals surface area contributed by atoms with E-state index < -0.39 is 30.4 Å². The van der Waals surface area contributed by atoms with Crippen molar-refractivity contribution in [3.05, 3.63) is 71.8 Å². The van der Waals surface area contributed by atoms with E-state index in [2.05, 4.69) is 0 Å². The normalized spacial score (nSPS) is 30.9. The van der Waals surface area contributed by atoms with E-state index in [-0.39, 0.29) is 6.10 Å². The molecule has 0 unspecified atom stereocenters. The van der Waals surface area contributed by atoms with E-state index >= 15 is 0 Å². The zero-order chi connectivity index (χ0) is 18.1. The summed E-state index contributed by atoms with van der Waals surface area (Å²) in [5, 5.41) is 10.9. The van der Waals surface area contributed by atoms with Gasteiger partial charge in [-0.15, -0.1) is 0 Å². The van der Waals surface area contributed by atoms with Crippen LogP contribution in [0.3, 0.4) is 0 Å². The minimum Gasteiger partial charge on any atom is -0.386 e. The highest BCUT2D eigenvalue weighted by molar-refractivity contribution is 5.20.